The molecule has 0 aliphatic carbocycles. The summed E-state index contributed by atoms with van der Waals surface area (Å²) in [6.45, 7) is 7.18. The van der Waals surface area contributed by atoms with Gasteiger partial charge in [0.05, 0.1) is 5.69 Å². The van der Waals surface area contributed by atoms with Crippen LogP contribution in [0.15, 0.2) is 4.90 Å². The quantitative estimate of drug-likeness (QED) is 0.709. The number of aromatic amines is 1. The molecule has 0 spiro atoms. The van der Waals surface area contributed by atoms with Gasteiger partial charge in [0.1, 0.15) is 4.90 Å². The van der Waals surface area contributed by atoms with Crippen LogP contribution in [0.2, 0.25) is 0 Å². The molecule has 7 nitrogen and oxygen atoms in total. The van der Waals surface area contributed by atoms with E-state index < -0.39 is 27.2 Å². The molecule has 0 saturated carbocycles. The van der Waals surface area contributed by atoms with E-state index in [1.807, 2.05) is 20.8 Å². The fourth-order valence-electron chi connectivity index (χ4n) is 2.20. The third-order valence-corrected chi connectivity index (χ3v) is 5.48. The zero-order valence-electron chi connectivity index (χ0n) is 12.1. The van der Waals surface area contributed by atoms with Crippen LogP contribution in [0.4, 0.5) is 0 Å². The molecule has 1 aromatic rings. The highest BCUT2D eigenvalue weighted by atomic mass is 32.2. The van der Waals surface area contributed by atoms with Gasteiger partial charge < -0.3 is 5.11 Å². The molecule has 0 saturated heterocycles. The van der Waals surface area contributed by atoms with Crippen molar-refractivity contribution >= 4 is 16.0 Å². The average Bonchev–Trinajstić information content (AvgIpc) is 2.79. The van der Waals surface area contributed by atoms with Crippen LogP contribution in [-0.2, 0) is 10.0 Å². The maximum absolute atomic E-state index is 12.5. The summed E-state index contributed by atoms with van der Waals surface area (Å²) in [7, 11) is -3.94. The van der Waals surface area contributed by atoms with Crippen molar-refractivity contribution in [2.45, 2.75) is 57.4 Å². The van der Waals surface area contributed by atoms with Gasteiger partial charge in [-0.15, -0.1) is 0 Å². The summed E-state index contributed by atoms with van der Waals surface area (Å²) in [5.41, 5.74) is -0.836. The predicted octanol–water partition coefficient (Wildman–Crippen LogP) is 1.66. The first kappa shape index (κ1) is 16.6. The van der Waals surface area contributed by atoms with Crippen molar-refractivity contribution in [1.82, 2.24) is 14.9 Å². The second-order valence-electron chi connectivity index (χ2n) is 4.78. The lowest BCUT2D eigenvalue weighted by atomic mass is 9.91. The molecule has 8 heteroatoms. The molecule has 114 valence electrons. The molecule has 0 radical (unpaired) electrons. The van der Waals surface area contributed by atoms with Crippen LogP contribution in [0.5, 0.6) is 0 Å². The molecular formula is C12H21N3O4S. The van der Waals surface area contributed by atoms with Crippen LogP contribution in [0, 0.1) is 6.92 Å². The molecule has 1 rings (SSSR count). The van der Waals surface area contributed by atoms with Gasteiger partial charge in [-0.3, -0.25) is 5.10 Å². The van der Waals surface area contributed by atoms with Crippen LogP contribution in [-0.4, -0.2) is 35.2 Å². The summed E-state index contributed by atoms with van der Waals surface area (Å²) in [6, 6.07) is 0. The molecule has 20 heavy (non-hydrogen) atoms. The third kappa shape index (κ3) is 3.01. The Kier molecular flexibility index (Phi) is 4.93. The monoisotopic (exact) mass is 303 g/mol. The van der Waals surface area contributed by atoms with Gasteiger partial charge in [0.25, 0.3) is 0 Å². The number of rotatable bonds is 7. The van der Waals surface area contributed by atoms with E-state index in [4.69, 9.17) is 5.11 Å². The Morgan fingerprint density at radius 3 is 2.20 bits per heavy atom. The molecule has 0 bridgehead atoms. The van der Waals surface area contributed by atoms with Crippen molar-refractivity contribution in [3.05, 3.63) is 11.4 Å². The Labute approximate surface area is 118 Å². The Morgan fingerprint density at radius 1 is 1.30 bits per heavy atom. The fraction of sp³-hybridized carbons (Fsp3) is 0.667. The van der Waals surface area contributed by atoms with Crippen LogP contribution < -0.4 is 4.72 Å². The Hall–Kier alpha value is -1.41. The van der Waals surface area contributed by atoms with Crippen molar-refractivity contribution in [2.24, 2.45) is 0 Å². The van der Waals surface area contributed by atoms with Crippen LogP contribution in [0.3, 0.4) is 0 Å². The van der Waals surface area contributed by atoms with E-state index >= 15 is 0 Å². The molecule has 0 atom stereocenters. The van der Waals surface area contributed by atoms with Gasteiger partial charge in [-0.05, 0) is 26.2 Å². The third-order valence-electron chi connectivity index (χ3n) is 3.74. The predicted molar refractivity (Wildman–Crippen MR) is 74.2 cm³/mol. The zero-order chi connectivity index (χ0) is 15.6. The standard InChI is InChI=1S/C12H21N3O4S/c1-5-12(6-2,7-3)15-20(18,19)10-8(4)13-14-9(10)11(16)17/h15H,5-7H2,1-4H3,(H,13,14)(H,16,17). The van der Waals surface area contributed by atoms with Gasteiger partial charge in [-0.2, -0.15) is 5.10 Å². The van der Waals surface area contributed by atoms with E-state index in [9.17, 15) is 13.2 Å². The van der Waals surface area contributed by atoms with Crippen molar-refractivity contribution in [3.8, 4) is 0 Å². The Morgan fingerprint density at radius 2 is 1.80 bits per heavy atom. The van der Waals surface area contributed by atoms with Crippen LogP contribution in [0.1, 0.15) is 56.2 Å². The Bertz CT molecular complexity index is 580. The largest absolute Gasteiger partial charge is 0.476 e. The fourth-order valence-corrected chi connectivity index (χ4v) is 4.14. The van der Waals surface area contributed by atoms with E-state index in [0.717, 1.165) is 0 Å². The van der Waals surface area contributed by atoms with E-state index in [-0.39, 0.29) is 10.6 Å². The molecule has 0 aliphatic rings. The number of nitrogens with one attached hydrogen (secondary N) is 2. The molecule has 0 unspecified atom stereocenters. The normalized spacial score (nSPS) is 12.6. The summed E-state index contributed by atoms with van der Waals surface area (Å²) < 4.78 is 27.6. The molecule has 0 amide bonds. The number of H-pyrrole nitrogens is 1. The molecule has 0 aliphatic heterocycles. The lowest BCUT2D eigenvalue weighted by Gasteiger charge is -2.31. The first-order valence-electron chi connectivity index (χ1n) is 6.55. The smallest absolute Gasteiger partial charge is 0.357 e. The first-order valence-corrected chi connectivity index (χ1v) is 8.03. The summed E-state index contributed by atoms with van der Waals surface area (Å²) in [5, 5.41) is 15.0. The summed E-state index contributed by atoms with van der Waals surface area (Å²) >= 11 is 0. The van der Waals surface area contributed by atoms with Gasteiger partial charge >= 0.3 is 5.97 Å². The number of aromatic nitrogens is 2. The van der Waals surface area contributed by atoms with E-state index in [2.05, 4.69) is 14.9 Å². The molecule has 3 N–H and O–H groups in total. The highest BCUT2D eigenvalue weighted by molar-refractivity contribution is 7.89. The van der Waals surface area contributed by atoms with E-state index in [1.54, 1.807) is 0 Å². The minimum absolute atomic E-state index is 0.215. The maximum Gasteiger partial charge on any atom is 0.357 e. The van der Waals surface area contributed by atoms with Gasteiger partial charge in [0, 0.05) is 5.54 Å². The second-order valence-corrected chi connectivity index (χ2v) is 6.40. The highest BCUT2D eigenvalue weighted by Gasteiger charge is 2.35. The number of carboxylic acids is 1. The molecule has 1 heterocycles. The number of carbonyl (C=O) groups is 1. The van der Waals surface area contributed by atoms with E-state index in [1.165, 1.54) is 6.92 Å². The Balaban J connectivity index is 3.31. The van der Waals surface area contributed by atoms with Crippen molar-refractivity contribution < 1.29 is 18.3 Å². The number of sulfonamides is 1. The number of hydrogen-bond donors (Lipinski definition) is 3. The molecule has 1 aromatic heterocycles. The number of aromatic carboxylic acids is 1. The maximum atomic E-state index is 12.5. The van der Waals surface area contributed by atoms with Crippen molar-refractivity contribution in [1.29, 1.82) is 0 Å². The SMILES string of the molecule is CCC(CC)(CC)NS(=O)(=O)c1c(C(=O)O)n[nH]c1C. The molecule has 0 aromatic carbocycles. The van der Waals surface area contributed by atoms with Gasteiger partial charge in [0.15, 0.2) is 5.69 Å². The summed E-state index contributed by atoms with van der Waals surface area (Å²) in [5.74, 6) is -1.37. The number of carboxylic acid groups (broad SMARTS) is 1. The van der Waals surface area contributed by atoms with Crippen LogP contribution >= 0.6 is 0 Å². The van der Waals surface area contributed by atoms with Crippen molar-refractivity contribution in [2.75, 3.05) is 0 Å². The first-order chi connectivity index (χ1) is 9.23. The minimum atomic E-state index is -3.94. The summed E-state index contributed by atoms with van der Waals surface area (Å²) in [4.78, 5) is 10.8. The molecular weight excluding hydrogens is 282 g/mol. The van der Waals surface area contributed by atoms with Crippen molar-refractivity contribution in [3.63, 3.8) is 0 Å². The number of hydrogen-bond acceptors (Lipinski definition) is 4. The highest BCUT2D eigenvalue weighted by Crippen LogP contribution is 2.25. The van der Waals surface area contributed by atoms with Gasteiger partial charge in [-0.25, -0.2) is 17.9 Å². The minimum Gasteiger partial charge on any atom is -0.476 e. The second kappa shape index (κ2) is 5.92. The average molecular weight is 303 g/mol. The van der Waals surface area contributed by atoms with E-state index in [0.29, 0.717) is 19.3 Å². The van der Waals surface area contributed by atoms with Gasteiger partial charge in [0.2, 0.25) is 10.0 Å². The molecule has 0 fully saturated rings. The number of nitrogens with zero attached hydrogens (tertiary/aromatic N) is 1. The zero-order valence-corrected chi connectivity index (χ0v) is 13.0. The lowest BCUT2D eigenvalue weighted by molar-refractivity contribution is 0.0686. The van der Waals surface area contributed by atoms with Gasteiger partial charge in [-0.1, -0.05) is 20.8 Å². The van der Waals surface area contributed by atoms with Crippen LogP contribution in [0.25, 0.3) is 0 Å². The summed E-state index contributed by atoms with van der Waals surface area (Å²) in [6.07, 6.45) is 1.87. The topological polar surface area (TPSA) is 112 Å². The lowest BCUT2D eigenvalue weighted by Crippen LogP contribution is -2.47. The number of aryl methyl sites for hydroxylation is 1.